The Bertz CT molecular complexity index is 1740. The molecule has 0 aliphatic rings. The van der Waals surface area contributed by atoms with Crippen LogP contribution in [0.1, 0.15) is 50.6 Å². The van der Waals surface area contributed by atoms with Crippen LogP contribution in [0.15, 0.2) is 60.8 Å². The van der Waals surface area contributed by atoms with Crippen molar-refractivity contribution in [3.63, 3.8) is 0 Å². The third-order valence-corrected chi connectivity index (χ3v) is 9.61. The molecular weight excluding hydrogens is 462 g/mol. The van der Waals surface area contributed by atoms with E-state index in [1.807, 2.05) is 28.9 Å². The predicted molar refractivity (Wildman–Crippen MR) is 157 cm³/mol. The van der Waals surface area contributed by atoms with Gasteiger partial charge in [-0.1, -0.05) is 65.0 Å². The molecule has 0 aliphatic carbocycles. The molecule has 3 aromatic heterocycles. The molecule has 0 aliphatic heterocycles. The van der Waals surface area contributed by atoms with Gasteiger partial charge in [-0.2, -0.15) is 0 Å². The van der Waals surface area contributed by atoms with E-state index in [1.165, 1.54) is 62.6 Å². The zero-order valence-electron chi connectivity index (χ0n) is 21.3. The molecule has 3 heterocycles. The van der Waals surface area contributed by atoms with Crippen LogP contribution in [0.4, 0.5) is 0 Å². The second-order valence-electron chi connectivity index (χ2n) is 11.2. The number of fused-ring (bicyclic) bond motifs is 6. The van der Waals surface area contributed by atoms with E-state index in [0.29, 0.717) is 5.92 Å². The Balaban J connectivity index is 1.65. The average molecular weight is 494 g/mol. The summed E-state index contributed by atoms with van der Waals surface area (Å²) in [7, 11) is 0. The number of thiophene rings is 2. The van der Waals surface area contributed by atoms with Crippen molar-refractivity contribution < 1.29 is 0 Å². The number of hydrogen-bond donors (Lipinski definition) is 0. The minimum absolute atomic E-state index is 0.0527. The van der Waals surface area contributed by atoms with Crippen LogP contribution >= 0.6 is 22.7 Å². The van der Waals surface area contributed by atoms with E-state index in [-0.39, 0.29) is 5.41 Å². The van der Waals surface area contributed by atoms with Crippen molar-refractivity contribution in [3.05, 3.63) is 76.8 Å². The van der Waals surface area contributed by atoms with Gasteiger partial charge >= 0.3 is 0 Å². The lowest BCUT2D eigenvalue weighted by Gasteiger charge is -2.22. The summed E-state index contributed by atoms with van der Waals surface area (Å²) in [5.74, 6) is 0.664. The van der Waals surface area contributed by atoms with Gasteiger partial charge in [0.1, 0.15) is 0 Å². The van der Waals surface area contributed by atoms with E-state index in [4.69, 9.17) is 4.98 Å². The van der Waals surface area contributed by atoms with Crippen molar-refractivity contribution in [3.8, 4) is 11.3 Å². The third-order valence-electron chi connectivity index (χ3n) is 7.09. The first-order valence-electron chi connectivity index (χ1n) is 12.5. The lowest BCUT2D eigenvalue weighted by Crippen LogP contribution is -2.12. The monoisotopic (exact) mass is 493 g/mol. The molecule has 3 aromatic carbocycles. The molecule has 0 saturated carbocycles. The smallest absolute Gasteiger partial charge is 0.0880 e. The van der Waals surface area contributed by atoms with E-state index < -0.39 is 0 Å². The molecule has 0 atom stereocenters. The highest BCUT2D eigenvalue weighted by Gasteiger charge is 2.21. The molecule has 0 spiro atoms. The normalized spacial score (nSPS) is 12.7. The van der Waals surface area contributed by atoms with E-state index in [1.54, 1.807) is 0 Å². The molecule has 3 heteroatoms. The van der Waals surface area contributed by atoms with Crippen molar-refractivity contribution in [2.75, 3.05) is 0 Å². The molecule has 0 amide bonds. The summed E-state index contributed by atoms with van der Waals surface area (Å²) in [5.41, 5.74) is 5.20. The zero-order chi connectivity index (χ0) is 24.5. The summed E-state index contributed by atoms with van der Waals surface area (Å²) in [6, 6.07) is 20.3. The van der Waals surface area contributed by atoms with Crippen LogP contribution in [0.3, 0.4) is 0 Å². The van der Waals surface area contributed by atoms with Crippen LogP contribution in [0, 0.1) is 12.8 Å². The molecule has 1 nitrogen and oxygen atoms in total. The second kappa shape index (κ2) is 8.15. The SMILES string of the molecule is Cc1c(CC(C)C)sc2c1ccc1sc3c(-c4cc(C(C)(C)C)c5ccccc5c4)nccc3c12. The van der Waals surface area contributed by atoms with Crippen molar-refractivity contribution in [1.82, 2.24) is 4.98 Å². The number of hydrogen-bond acceptors (Lipinski definition) is 3. The fourth-order valence-electron chi connectivity index (χ4n) is 5.35. The predicted octanol–water partition coefficient (Wildman–Crippen LogP) is 10.3. The van der Waals surface area contributed by atoms with E-state index in [0.717, 1.165) is 12.1 Å². The second-order valence-corrected chi connectivity index (χ2v) is 13.4. The van der Waals surface area contributed by atoms with Crippen LogP contribution in [0.5, 0.6) is 0 Å². The molecule has 35 heavy (non-hydrogen) atoms. The maximum atomic E-state index is 4.96. The quantitative estimate of drug-likeness (QED) is 0.239. The van der Waals surface area contributed by atoms with Gasteiger partial charge in [0.2, 0.25) is 0 Å². The molecule has 0 bridgehead atoms. The maximum absolute atomic E-state index is 4.96. The minimum Gasteiger partial charge on any atom is -0.255 e. The van der Waals surface area contributed by atoms with Crippen molar-refractivity contribution >= 4 is 63.7 Å². The molecule has 6 aromatic rings. The van der Waals surface area contributed by atoms with Gasteiger partial charge in [0.05, 0.1) is 10.4 Å². The van der Waals surface area contributed by atoms with Crippen LogP contribution in [-0.4, -0.2) is 4.98 Å². The number of aryl methyl sites for hydroxylation is 1. The van der Waals surface area contributed by atoms with Gasteiger partial charge in [-0.05, 0) is 76.2 Å². The first-order chi connectivity index (χ1) is 16.7. The minimum atomic E-state index is 0.0527. The number of pyridine rings is 1. The lowest BCUT2D eigenvalue weighted by atomic mass is 9.82. The van der Waals surface area contributed by atoms with Crippen LogP contribution in [-0.2, 0) is 11.8 Å². The topological polar surface area (TPSA) is 12.9 Å². The Hall–Kier alpha value is -2.75. The van der Waals surface area contributed by atoms with Gasteiger partial charge in [0.25, 0.3) is 0 Å². The maximum Gasteiger partial charge on any atom is 0.0880 e. The van der Waals surface area contributed by atoms with Gasteiger partial charge < -0.3 is 0 Å². The molecular formula is C32H31NS2. The Kier molecular flexibility index (Phi) is 5.28. The van der Waals surface area contributed by atoms with Crippen molar-refractivity contribution in [2.45, 2.75) is 53.4 Å². The van der Waals surface area contributed by atoms with Gasteiger partial charge in [0, 0.05) is 36.8 Å². The van der Waals surface area contributed by atoms with Crippen LogP contribution in [0.2, 0.25) is 0 Å². The number of benzene rings is 3. The van der Waals surface area contributed by atoms with Crippen LogP contribution in [0.25, 0.3) is 52.3 Å². The van der Waals surface area contributed by atoms with E-state index in [2.05, 4.69) is 96.1 Å². The van der Waals surface area contributed by atoms with E-state index in [9.17, 15) is 0 Å². The highest BCUT2D eigenvalue weighted by atomic mass is 32.1. The van der Waals surface area contributed by atoms with Crippen LogP contribution < -0.4 is 0 Å². The molecule has 0 fully saturated rings. The highest BCUT2D eigenvalue weighted by Crippen LogP contribution is 2.46. The van der Waals surface area contributed by atoms with Gasteiger partial charge in [-0.3, -0.25) is 4.98 Å². The van der Waals surface area contributed by atoms with E-state index >= 15 is 0 Å². The largest absolute Gasteiger partial charge is 0.255 e. The summed E-state index contributed by atoms with van der Waals surface area (Å²) in [4.78, 5) is 6.49. The Labute approximate surface area is 215 Å². The first kappa shape index (κ1) is 22.7. The standard InChI is InChI=1S/C32H31NS2/c1-18(2)15-27-19(3)22-11-12-26-28(30(22)35-27)24-13-14-33-29(31(24)34-26)21-16-20-9-7-8-10-23(20)25(17-21)32(4,5)6/h7-14,16-18H,15H2,1-6H3. The zero-order valence-corrected chi connectivity index (χ0v) is 23.0. The Morgan fingerprint density at radius 2 is 1.66 bits per heavy atom. The summed E-state index contributed by atoms with van der Waals surface area (Å²) >= 11 is 3.89. The molecule has 6 rings (SSSR count). The van der Waals surface area contributed by atoms with Gasteiger partial charge in [-0.15, -0.1) is 22.7 Å². The molecule has 0 radical (unpaired) electrons. The number of rotatable bonds is 3. The fourth-order valence-corrected chi connectivity index (χ4v) is 8.21. The Morgan fingerprint density at radius 3 is 2.43 bits per heavy atom. The fraction of sp³-hybridized carbons (Fsp3) is 0.281. The summed E-state index contributed by atoms with van der Waals surface area (Å²) in [5, 5.41) is 6.77. The average Bonchev–Trinajstić information content (AvgIpc) is 3.34. The molecule has 0 saturated heterocycles. The Morgan fingerprint density at radius 1 is 0.857 bits per heavy atom. The molecule has 176 valence electrons. The van der Waals surface area contributed by atoms with Crippen molar-refractivity contribution in [1.29, 1.82) is 0 Å². The molecule has 0 N–H and O–H groups in total. The molecule has 0 unspecified atom stereocenters. The summed E-state index contributed by atoms with van der Waals surface area (Å²) in [6.45, 7) is 13.8. The first-order valence-corrected chi connectivity index (χ1v) is 14.1. The van der Waals surface area contributed by atoms with Gasteiger partial charge in [0.15, 0.2) is 0 Å². The van der Waals surface area contributed by atoms with Crippen molar-refractivity contribution in [2.24, 2.45) is 5.92 Å². The lowest BCUT2D eigenvalue weighted by molar-refractivity contribution is 0.596. The third kappa shape index (κ3) is 3.68. The summed E-state index contributed by atoms with van der Waals surface area (Å²) in [6.07, 6.45) is 3.15. The highest BCUT2D eigenvalue weighted by molar-refractivity contribution is 7.28. The van der Waals surface area contributed by atoms with Gasteiger partial charge in [-0.25, -0.2) is 0 Å². The number of nitrogens with zero attached hydrogens (tertiary/aromatic N) is 1. The number of aromatic nitrogens is 1. The summed E-state index contributed by atoms with van der Waals surface area (Å²) < 4.78 is 4.09.